The molecule has 0 aliphatic carbocycles. The Morgan fingerprint density at radius 3 is 2.78 bits per heavy atom. The summed E-state index contributed by atoms with van der Waals surface area (Å²) in [5.74, 6) is -1.22. The number of carboxylic acid groups (broad SMARTS) is 1. The number of thioether (sulfide) groups is 1. The Hall–Kier alpha value is -1.54. The molecule has 0 saturated carbocycles. The SMILES string of the molecule is CC(C)NC=NCCSC1=C(C(=O)O)N2C(=O)[C@H]([C@@H](C)O)[C@H]2C1. The van der Waals surface area contributed by atoms with Gasteiger partial charge in [0.05, 0.1) is 30.9 Å². The molecule has 23 heavy (non-hydrogen) atoms. The molecule has 0 aromatic carbocycles. The van der Waals surface area contributed by atoms with E-state index in [2.05, 4.69) is 10.3 Å². The largest absolute Gasteiger partial charge is 0.477 e. The highest BCUT2D eigenvalue weighted by molar-refractivity contribution is 8.03. The second-order valence-electron chi connectivity index (χ2n) is 6.03. The first-order chi connectivity index (χ1) is 10.8. The highest BCUT2D eigenvalue weighted by Gasteiger charge is 2.56. The molecule has 8 heteroatoms. The van der Waals surface area contributed by atoms with Gasteiger partial charge in [-0.15, -0.1) is 11.8 Å². The fourth-order valence-corrected chi connectivity index (χ4v) is 3.90. The van der Waals surface area contributed by atoms with Gasteiger partial charge in [0.15, 0.2) is 0 Å². The van der Waals surface area contributed by atoms with Crippen LogP contribution in [0.5, 0.6) is 0 Å². The molecule has 3 N–H and O–H groups in total. The van der Waals surface area contributed by atoms with Crippen LogP contribution in [-0.4, -0.2) is 63.8 Å². The Labute approximate surface area is 139 Å². The van der Waals surface area contributed by atoms with Crippen molar-refractivity contribution < 1.29 is 19.8 Å². The van der Waals surface area contributed by atoms with E-state index in [4.69, 9.17) is 0 Å². The number of aliphatic carboxylic acids is 1. The number of carbonyl (C=O) groups excluding carboxylic acids is 1. The van der Waals surface area contributed by atoms with Gasteiger partial charge in [0.1, 0.15) is 5.70 Å². The van der Waals surface area contributed by atoms with Crippen LogP contribution in [0.4, 0.5) is 0 Å². The number of hydrogen-bond acceptors (Lipinski definition) is 5. The average Bonchev–Trinajstić information content (AvgIpc) is 2.76. The number of nitrogens with zero attached hydrogens (tertiary/aromatic N) is 2. The van der Waals surface area contributed by atoms with Crippen LogP contribution < -0.4 is 5.32 Å². The zero-order chi connectivity index (χ0) is 17.1. The Balaban J connectivity index is 1.94. The van der Waals surface area contributed by atoms with Crippen molar-refractivity contribution in [3.63, 3.8) is 0 Å². The quantitative estimate of drug-likeness (QED) is 0.259. The van der Waals surface area contributed by atoms with Crippen LogP contribution >= 0.6 is 11.8 Å². The number of amides is 1. The summed E-state index contributed by atoms with van der Waals surface area (Å²) >= 11 is 1.42. The lowest BCUT2D eigenvalue weighted by atomic mass is 9.83. The molecular weight excluding hydrogens is 318 g/mol. The molecule has 2 rings (SSSR count). The topological polar surface area (TPSA) is 102 Å². The second kappa shape index (κ2) is 7.35. The molecule has 7 nitrogen and oxygen atoms in total. The minimum absolute atomic E-state index is 0.0752. The van der Waals surface area contributed by atoms with Gasteiger partial charge < -0.3 is 20.4 Å². The molecule has 1 saturated heterocycles. The van der Waals surface area contributed by atoms with E-state index in [1.165, 1.54) is 16.7 Å². The predicted molar refractivity (Wildman–Crippen MR) is 89.2 cm³/mol. The van der Waals surface area contributed by atoms with Crippen molar-refractivity contribution in [3.8, 4) is 0 Å². The number of fused-ring (bicyclic) bond motifs is 1. The van der Waals surface area contributed by atoms with E-state index in [0.29, 0.717) is 29.7 Å². The Kier molecular flexibility index (Phi) is 5.69. The monoisotopic (exact) mass is 341 g/mol. The lowest BCUT2D eigenvalue weighted by Gasteiger charge is -2.44. The minimum Gasteiger partial charge on any atom is -0.477 e. The molecule has 2 aliphatic heterocycles. The van der Waals surface area contributed by atoms with Gasteiger partial charge in [-0.1, -0.05) is 0 Å². The first-order valence-electron chi connectivity index (χ1n) is 7.69. The van der Waals surface area contributed by atoms with E-state index in [-0.39, 0.29) is 17.6 Å². The Bertz CT molecular complexity index is 545. The summed E-state index contributed by atoms with van der Waals surface area (Å²) in [6.45, 7) is 6.17. The van der Waals surface area contributed by atoms with Gasteiger partial charge in [0, 0.05) is 23.1 Å². The van der Waals surface area contributed by atoms with E-state index in [9.17, 15) is 19.8 Å². The Morgan fingerprint density at radius 1 is 1.52 bits per heavy atom. The zero-order valence-electron chi connectivity index (χ0n) is 13.5. The summed E-state index contributed by atoms with van der Waals surface area (Å²) in [6, 6.07) is 0.108. The van der Waals surface area contributed by atoms with Gasteiger partial charge >= 0.3 is 5.97 Å². The van der Waals surface area contributed by atoms with Crippen LogP contribution in [0.2, 0.25) is 0 Å². The number of β-lactam (4-membered cyclic amide) rings is 1. The summed E-state index contributed by atoms with van der Waals surface area (Å²) in [5, 5.41) is 22.1. The van der Waals surface area contributed by atoms with E-state index in [1.54, 1.807) is 13.3 Å². The van der Waals surface area contributed by atoms with Crippen LogP contribution in [0.1, 0.15) is 27.2 Å². The molecule has 1 amide bonds. The molecule has 0 spiro atoms. The van der Waals surface area contributed by atoms with E-state index in [0.717, 1.165) is 0 Å². The van der Waals surface area contributed by atoms with Gasteiger partial charge in [-0.05, 0) is 20.8 Å². The number of aliphatic hydroxyl groups excluding tert-OH is 1. The van der Waals surface area contributed by atoms with Crippen molar-refractivity contribution in [3.05, 3.63) is 10.6 Å². The number of hydrogen-bond donors (Lipinski definition) is 3. The van der Waals surface area contributed by atoms with Crippen molar-refractivity contribution in [2.45, 2.75) is 45.4 Å². The summed E-state index contributed by atoms with van der Waals surface area (Å²) < 4.78 is 0. The maximum Gasteiger partial charge on any atom is 0.353 e. The van der Waals surface area contributed by atoms with E-state index < -0.39 is 18.0 Å². The van der Waals surface area contributed by atoms with Crippen LogP contribution in [0, 0.1) is 5.92 Å². The van der Waals surface area contributed by atoms with Gasteiger partial charge in [0.2, 0.25) is 5.91 Å². The first-order valence-corrected chi connectivity index (χ1v) is 8.67. The van der Waals surface area contributed by atoms with Crippen LogP contribution in [0.25, 0.3) is 0 Å². The normalized spacial score (nSPS) is 25.1. The molecule has 1 fully saturated rings. The van der Waals surface area contributed by atoms with Crippen LogP contribution in [0.3, 0.4) is 0 Å². The van der Waals surface area contributed by atoms with Crippen LogP contribution in [-0.2, 0) is 9.59 Å². The highest BCUT2D eigenvalue weighted by Crippen LogP contribution is 2.46. The van der Waals surface area contributed by atoms with Crippen molar-refractivity contribution in [1.82, 2.24) is 10.2 Å². The first kappa shape index (κ1) is 17.8. The third-order valence-corrected chi connectivity index (χ3v) is 4.98. The van der Waals surface area contributed by atoms with E-state index in [1.807, 2.05) is 13.8 Å². The highest BCUT2D eigenvalue weighted by atomic mass is 32.2. The minimum atomic E-state index is -1.09. The van der Waals surface area contributed by atoms with Crippen molar-refractivity contribution >= 4 is 30.0 Å². The number of aliphatic imine (C=N–C) groups is 1. The molecule has 2 heterocycles. The predicted octanol–water partition coefficient (Wildman–Crippen LogP) is 0.654. The fraction of sp³-hybridized carbons (Fsp3) is 0.667. The molecule has 0 aromatic rings. The number of nitrogens with one attached hydrogen (secondary N) is 1. The molecule has 0 unspecified atom stereocenters. The zero-order valence-corrected chi connectivity index (χ0v) is 14.3. The summed E-state index contributed by atoms with van der Waals surface area (Å²) in [6.07, 6.45) is 1.41. The number of carboxylic acids is 1. The number of carbonyl (C=O) groups is 2. The van der Waals surface area contributed by atoms with E-state index >= 15 is 0 Å². The average molecular weight is 341 g/mol. The van der Waals surface area contributed by atoms with Gasteiger partial charge in [-0.2, -0.15) is 0 Å². The Morgan fingerprint density at radius 2 is 2.22 bits per heavy atom. The maximum atomic E-state index is 12.1. The van der Waals surface area contributed by atoms with Gasteiger partial charge in [-0.25, -0.2) is 4.79 Å². The third-order valence-electron chi connectivity index (χ3n) is 3.89. The number of rotatable bonds is 8. The second-order valence-corrected chi connectivity index (χ2v) is 7.22. The molecule has 3 atom stereocenters. The standard InChI is InChI=1S/C15H23N3O4S/c1-8(2)17-7-16-4-5-23-11-6-10-12(9(3)19)14(20)18(10)13(11)15(21)22/h7-10,12,19H,4-6H2,1-3H3,(H,16,17)(H,21,22)/t9-,10-,12-/m1/s1. The molecule has 2 aliphatic rings. The molecule has 0 aromatic heterocycles. The third kappa shape index (κ3) is 3.69. The molecular formula is C15H23N3O4S. The molecule has 0 radical (unpaired) electrons. The summed E-state index contributed by atoms with van der Waals surface area (Å²) in [4.78, 5) is 29.8. The molecule has 0 bridgehead atoms. The van der Waals surface area contributed by atoms with Crippen LogP contribution in [0.15, 0.2) is 15.6 Å². The van der Waals surface area contributed by atoms with Gasteiger partial charge in [-0.3, -0.25) is 9.79 Å². The fourth-order valence-electron chi connectivity index (χ4n) is 2.85. The molecule has 128 valence electrons. The van der Waals surface area contributed by atoms with Crippen molar-refractivity contribution in [2.24, 2.45) is 10.9 Å². The smallest absolute Gasteiger partial charge is 0.353 e. The lowest BCUT2D eigenvalue weighted by Crippen LogP contribution is -2.61. The number of aliphatic hydroxyl groups is 1. The van der Waals surface area contributed by atoms with Crippen molar-refractivity contribution in [1.29, 1.82) is 0 Å². The summed E-state index contributed by atoms with van der Waals surface area (Å²) in [7, 11) is 0. The lowest BCUT2D eigenvalue weighted by molar-refractivity contribution is -0.161. The summed E-state index contributed by atoms with van der Waals surface area (Å²) in [5.41, 5.74) is 0.0752. The maximum absolute atomic E-state index is 12.1. The van der Waals surface area contributed by atoms with Crippen molar-refractivity contribution in [2.75, 3.05) is 12.3 Å². The van der Waals surface area contributed by atoms with Gasteiger partial charge in [0.25, 0.3) is 0 Å².